The molecule has 4 fully saturated rings. The number of anilines is 1. The van der Waals surface area contributed by atoms with Gasteiger partial charge in [-0.25, -0.2) is 13.2 Å². The van der Waals surface area contributed by atoms with Crippen LogP contribution in [0.4, 0.5) is 5.69 Å². The maximum Gasteiger partial charge on any atom is 0.352 e. The standard InChI is InChI=1S/C34H44N8O7S/c1-20-24(31(33(46)47)40-30(20)28(21(2)43)32(40)45)18-39-25-5-3-4-23-22(6-7-26(29(23)25)50(39,48)49)8-11-41-12-15-42(16-13-41,17-14-41)19-27(44)37-9-10-38-34(35)36/h3-7,20-21,28,30,43H,8-19H2,1-2H3,(H4-2,35,36,37,38,44,46,47)/p+2/t20-,21?,28?,30?,41?,42?/m0/s1. The van der Waals surface area contributed by atoms with Gasteiger partial charge in [-0.1, -0.05) is 25.1 Å². The molecule has 2 aromatic carbocycles. The Bertz CT molecular complexity index is 1930. The molecule has 268 valence electrons. The Balaban J connectivity index is 1.07. The molecule has 7 N–H and O–H groups in total. The van der Waals surface area contributed by atoms with E-state index in [0.717, 1.165) is 72.1 Å². The highest BCUT2D eigenvalue weighted by Crippen LogP contribution is 2.50. The van der Waals surface area contributed by atoms with Crippen molar-refractivity contribution in [2.24, 2.45) is 28.3 Å². The zero-order chi connectivity index (χ0) is 35.7. The Kier molecular flexibility index (Phi) is 8.36. The fourth-order valence-corrected chi connectivity index (χ4v) is 10.8. The highest BCUT2D eigenvalue weighted by atomic mass is 32.2. The summed E-state index contributed by atoms with van der Waals surface area (Å²) in [6.07, 6.45) is -0.189. The average molecular weight is 711 g/mol. The van der Waals surface area contributed by atoms with E-state index in [1.807, 2.05) is 18.2 Å². The van der Waals surface area contributed by atoms with Crippen LogP contribution in [0.3, 0.4) is 0 Å². The van der Waals surface area contributed by atoms with E-state index < -0.39 is 45.9 Å². The van der Waals surface area contributed by atoms with Crippen LogP contribution >= 0.6 is 0 Å². The summed E-state index contributed by atoms with van der Waals surface area (Å²) in [4.78, 5) is 43.3. The number of carbonyl (C=O) groups is 3. The summed E-state index contributed by atoms with van der Waals surface area (Å²) in [6.45, 7) is 10.9. The first-order valence-electron chi connectivity index (χ1n) is 17.3. The normalized spacial score (nSPS) is 29.6. The number of carbonyl (C=O) groups excluding carboxylic acids is 2. The molecule has 6 aliphatic rings. The predicted molar refractivity (Wildman–Crippen MR) is 185 cm³/mol. The van der Waals surface area contributed by atoms with E-state index in [4.69, 9.17) is 11.5 Å². The molecule has 0 spiro atoms. The lowest BCUT2D eigenvalue weighted by atomic mass is 9.78. The van der Waals surface area contributed by atoms with Crippen molar-refractivity contribution >= 4 is 50.2 Å². The van der Waals surface area contributed by atoms with Crippen LogP contribution in [0.15, 0.2) is 51.5 Å². The molecule has 16 heteroatoms. The topological polar surface area (TPSA) is 209 Å². The highest BCUT2D eigenvalue weighted by molar-refractivity contribution is 7.93. The number of aliphatic hydroxyl groups excluding tert-OH is 1. The van der Waals surface area contributed by atoms with Crippen molar-refractivity contribution in [2.45, 2.75) is 37.3 Å². The van der Waals surface area contributed by atoms with Crippen LogP contribution in [-0.2, 0) is 30.8 Å². The Hall–Kier alpha value is -4.25. The summed E-state index contributed by atoms with van der Waals surface area (Å²) in [6, 6.07) is 8.59. The van der Waals surface area contributed by atoms with E-state index >= 15 is 0 Å². The number of rotatable bonds is 12. The van der Waals surface area contributed by atoms with Crippen LogP contribution in [0.5, 0.6) is 0 Å². The number of fused-ring (bicyclic) bond motifs is 4. The summed E-state index contributed by atoms with van der Waals surface area (Å²) in [5, 5.41) is 24.8. The van der Waals surface area contributed by atoms with Gasteiger partial charge in [0.15, 0.2) is 12.5 Å². The number of hydrogen-bond acceptors (Lipinski definition) is 7. The van der Waals surface area contributed by atoms with Crippen LogP contribution in [0.25, 0.3) is 10.8 Å². The number of benzene rings is 2. The number of carboxylic acids is 1. The lowest BCUT2D eigenvalue weighted by Crippen LogP contribution is -2.76. The maximum atomic E-state index is 14.1. The zero-order valence-corrected chi connectivity index (χ0v) is 29.2. The van der Waals surface area contributed by atoms with Crippen molar-refractivity contribution < 1.29 is 42.0 Å². The third kappa shape index (κ3) is 5.39. The van der Waals surface area contributed by atoms with Gasteiger partial charge in [-0.2, -0.15) is 0 Å². The summed E-state index contributed by atoms with van der Waals surface area (Å²) in [5.41, 5.74) is 12.4. The minimum absolute atomic E-state index is 0.00633. The molecule has 4 saturated heterocycles. The third-order valence-corrected chi connectivity index (χ3v) is 13.8. The summed E-state index contributed by atoms with van der Waals surface area (Å²) in [5.74, 6) is -2.91. The molecule has 0 aliphatic carbocycles. The van der Waals surface area contributed by atoms with Crippen molar-refractivity contribution in [3.05, 3.63) is 47.2 Å². The van der Waals surface area contributed by atoms with Gasteiger partial charge in [-0.15, -0.1) is 0 Å². The molecule has 8 rings (SSSR count). The lowest BCUT2D eigenvalue weighted by Gasteiger charge is -2.55. The monoisotopic (exact) mass is 710 g/mol. The fourth-order valence-electron chi connectivity index (χ4n) is 9.10. The minimum atomic E-state index is -4.01. The number of hydrogen-bond donors (Lipinski definition) is 5. The summed E-state index contributed by atoms with van der Waals surface area (Å²) in [7, 11) is -4.01. The van der Waals surface area contributed by atoms with Gasteiger partial charge in [0.05, 0.1) is 48.3 Å². The van der Waals surface area contributed by atoms with E-state index in [1.54, 1.807) is 19.1 Å². The number of β-lactam (4-membered cyclic amide) rings is 1. The van der Waals surface area contributed by atoms with Gasteiger partial charge in [0, 0.05) is 24.3 Å². The number of nitrogens with two attached hydrogens (primary N) is 2. The van der Waals surface area contributed by atoms with Gasteiger partial charge >= 0.3 is 5.97 Å². The highest BCUT2D eigenvalue weighted by Gasteiger charge is 2.60. The van der Waals surface area contributed by atoms with Crippen LogP contribution in [0.1, 0.15) is 19.4 Å². The van der Waals surface area contributed by atoms with Gasteiger partial charge in [-0.3, -0.25) is 18.9 Å². The molecule has 15 nitrogen and oxygen atoms in total. The Morgan fingerprint density at radius 1 is 1.08 bits per heavy atom. The molecule has 6 aliphatic heterocycles. The number of carboxylic acid groups (broad SMARTS) is 1. The molecule has 2 bridgehead atoms. The molecule has 2 amide bonds. The molecular formula is C34H46N8O7S+2. The number of nitrogens with zero attached hydrogens (tertiary/aromatic N) is 5. The van der Waals surface area contributed by atoms with Crippen LogP contribution in [0, 0.1) is 11.8 Å². The number of sulfonamides is 1. The number of aliphatic imine (C=N–C) groups is 1. The number of aliphatic carboxylic acids is 1. The predicted octanol–water partition coefficient (Wildman–Crippen LogP) is -0.862. The third-order valence-electron chi connectivity index (χ3n) is 11.9. The lowest BCUT2D eigenvalue weighted by molar-refractivity contribution is -1.08. The Labute approximate surface area is 291 Å². The molecule has 0 aromatic heterocycles. The molecule has 6 heterocycles. The molecular weight excluding hydrogens is 664 g/mol. The largest absolute Gasteiger partial charge is 0.477 e. The smallest absolute Gasteiger partial charge is 0.352 e. The van der Waals surface area contributed by atoms with Crippen molar-refractivity contribution in [1.29, 1.82) is 0 Å². The van der Waals surface area contributed by atoms with Crippen molar-refractivity contribution in [2.75, 3.05) is 76.3 Å². The number of piperazine rings is 3. The molecule has 3 unspecified atom stereocenters. The second kappa shape index (κ2) is 12.2. The quantitative estimate of drug-likeness (QED) is 0.0610. The van der Waals surface area contributed by atoms with E-state index in [9.17, 15) is 33.0 Å². The maximum absolute atomic E-state index is 14.1. The zero-order valence-electron chi connectivity index (χ0n) is 28.4. The van der Waals surface area contributed by atoms with Gasteiger partial charge in [0.1, 0.15) is 45.0 Å². The first-order chi connectivity index (χ1) is 23.7. The second-order valence-electron chi connectivity index (χ2n) is 14.7. The molecule has 2 aromatic rings. The average Bonchev–Trinajstić information content (AvgIpc) is 3.44. The van der Waals surface area contributed by atoms with E-state index in [1.165, 1.54) is 16.1 Å². The fraction of sp³-hybridized carbons (Fsp3) is 0.529. The van der Waals surface area contributed by atoms with Crippen molar-refractivity contribution in [3.8, 4) is 0 Å². The van der Waals surface area contributed by atoms with Crippen LogP contribution in [-0.4, -0.2) is 140 Å². The summed E-state index contributed by atoms with van der Waals surface area (Å²) < 4.78 is 31.2. The minimum Gasteiger partial charge on any atom is -0.477 e. The second-order valence-corrected chi connectivity index (χ2v) is 16.5. The molecule has 0 saturated carbocycles. The molecule has 0 radical (unpaired) electrons. The van der Waals surface area contributed by atoms with E-state index in [2.05, 4.69) is 10.3 Å². The molecule has 50 heavy (non-hydrogen) atoms. The van der Waals surface area contributed by atoms with E-state index in [-0.39, 0.29) is 29.0 Å². The van der Waals surface area contributed by atoms with Gasteiger partial charge in [-0.05, 0) is 35.6 Å². The SMILES string of the molecule is CC(O)C1C(=O)N2C(C(=O)O)=C(CN3c4cccc5c(CC[N+]67CC[N+](CC(=O)NCCN=C(N)N)(CC6)CC7)ccc(c45)S3(=O)=O)[C@H](C)C12. The van der Waals surface area contributed by atoms with Gasteiger partial charge < -0.3 is 40.9 Å². The molecule has 4 atom stereocenters. The summed E-state index contributed by atoms with van der Waals surface area (Å²) >= 11 is 0. The Morgan fingerprint density at radius 3 is 2.40 bits per heavy atom. The van der Waals surface area contributed by atoms with E-state index in [0.29, 0.717) is 36.3 Å². The number of amides is 2. The number of nitrogens with one attached hydrogen (secondary N) is 1. The first kappa shape index (κ1) is 34.2. The van der Waals surface area contributed by atoms with Crippen molar-refractivity contribution in [3.63, 3.8) is 0 Å². The number of quaternary nitrogens is 2. The van der Waals surface area contributed by atoms with Crippen LogP contribution < -0.4 is 21.1 Å². The van der Waals surface area contributed by atoms with Crippen LogP contribution in [0.2, 0.25) is 0 Å². The number of guanidine groups is 1. The van der Waals surface area contributed by atoms with Crippen molar-refractivity contribution in [1.82, 2.24) is 10.2 Å². The first-order valence-corrected chi connectivity index (χ1v) is 18.7. The Morgan fingerprint density at radius 2 is 1.76 bits per heavy atom. The number of aliphatic hydroxyl groups is 1. The van der Waals surface area contributed by atoms with Gasteiger partial charge in [0.25, 0.3) is 15.9 Å². The van der Waals surface area contributed by atoms with Gasteiger partial charge in [0.2, 0.25) is 5.91 Å².